The van der Waals surface area contributed by atoms with E-state index in [1.807, 2.05) is 51.1 Å². The minimum atomic E-state index is -1.04. The van der Waals surface area contributed by atoms with Gasteiger partial charge in [0, 0.05) is 13.0 Å². The number of likely N-dealkylation sites (N-methyl/N-ethyl adjacent to an activating group) is 2. The number of hydrogen-bond acceptors (Lipinski definition) is 6. The Kier molecular flexibility index (Phi) is 20.4. The van der Waals surface area contributed by atoms with Crippen LogP contribution in [0.15, 0.2) is 30.3 Å². The zero-order chi connectivity index (χ0) is 26.5. The molecule has 0 fully saturated rings. The van der Waals surface area contributed by atoms with Crippen molar-refractivity contribution in [3.05, 3.63) is 35.9 Å². The van der Waals surface area contributed by atoms with E-state index in [0.29, 0.717) is 12.5 Å². The quantitative estimate of drug-likeness (QED) is 0.369. The highest BCUT2D eigenvalue weighted by molar-refractivity contribution is 5.82. The Bertz CT molecular complexity index is 697. The molecule has 1 aromatic carbocycles. The largest absolute Gasteiger partial charge is 0.480 e. The SMILES string of the molecule is CC.CC(C)CC(C)C(=O)N(C)[C@@H](C=O)COCc1ccccc1.CNCC(=O)NCC(=O)O. The first-order valence-electron chi connectivity index (χ1n) is 11.6. The number of benzene rings is 1. The van der Waals surface area contributed by atoms with E-state index in [4.69, 9.17) is 9.84 Å². The van der Waals surface area contributed by atoms with E-state index in [1.165, 1.54) is 4.90 Å². The number of amides is 2. The molecule has 1 unspecified atom stereocenters. The summed E-state index contributed by atoms with van der Waals surface area (Å²) in [7, 11) is 3.28. The molecule has 0 heterocycles. The third-order valence-electron chi connectivity index (χ3n) is 4.42. The Morgan fingerprint density at radius 3 is 2.15 bits per heavy atom. The van der Waals surface area contributed by atoms with Crippen molar-refractivity contribution in [3.8, 4) is 0 Å². The standard InChI is InChI=1S/C18H27NO3.C5H10N2O3.C2H6/c1-14(2)10-15(3)18(21)19(4)17(11-20)13-22-12-16-8-6-5-7-9-16;1-6-2-4(8)7-3-5(9)10;1-2/h5-9,11,14-15,17H,10,12-13H2,1-4H3;6H,2-3H2,1H3,(H,7,8)(H,9,10);1-2H3/t15?,17-;;/m0../s1. The van der Waals surface area contributed by atoms with Crippen molar-refractivity contribution < 1.29 is 29.0 Å². The van der Waals surface area contributed by atoms with Gasteiger partial charge in [0.25, 0.3) is 0 Å². The summed E-state index contributed by atoms with van der Waals surface area (Å²) in [5, 5.41) is 12.9. The van der Waals surface area contributed by atoms with Crippen LogP contribution in [-0.4, -0.2) is 73.9 Å². The van der Waals surface area contributed by atoms with Crippen LogP contribution in [0.5, 0.6) is 0 Å². The number of nitrogens with one attached hydrogen (secondary N) is 2. The smallest absolute Gasteiger partial charge is 0.322 e. The predicted octanol–water partition coefficient (Wildman–Crippen LogP) is 2.34. The number of carboxylic acid groups (broad SMARTS) is 1. The van der Waals surface area contributed by atoms with E-state index >= 15 is 0 Å². The zero-order valence-corrected chi connectivity index (χ0v) is 21.7. The van der Waals surface area contributed by atoms with Crippen molar-refractivity contribution in [2.24, 2.45) is 11.8 Å². The molecule has 0 bridgehead atoms. The van der Waals surface area contributed by atoms with Gasteiger partial charge in [0.05, 0.1) is 19.8 Å². The minimum Gasteiger partial charge on any atom is -0.480 e. The summed E-state index contributed by atoms with van der Waals surface area (Å²) in [6.07, 6.45) is 1.60. The van der Waals surface area contributed by atoms with Gasteiger partial charge in [-0.05, 0) is 24.9 Å². The van der Waals surface area contributed by atoms with Crippen LogP contribution >= 0.6 is 0 Å². The van der Waals surface area contributed by atoms with Crippen LogP contribution in [-0.2, 0) is 30.5 Å². The highest BCUT2D eigenvalue weighted by Gasteiger charge is 2.24. The summed E-state index contributed by atoms with van der Waals surface area (Å²) in [5.41, 5.74) is 1.05. The zero-order valence-electron chi connectivity index (χ0n) is 21.7. The third kappa shape index (κ3) is 16.8. The second-order valence-electron chi connectivity index (χ2n) is 7.88. The highest BCUT2D eigenvalue weighted by Crippen LogP contribution is 2.14. The molecule has 1 rings (SSSR count). The van der Waals surface area contributed by atoms with Gasteiger partial charge in [0.2, 0.25) is 11.8 Å². The molecule has 0 aliphatic carbocycles. The van der Waals surface area contributed by atoms with Crippen LogP contribution in [0.1, 0.15) is 46.6 Å². The summed E-state index contributed by atoms with van der Waals surface area (Å²) in [5.74, 6) is -0.985. The van der Waals surface area contributed by atoms with Crippen LogP contribution < -0.4 is 10.6 Å². The molecule has 34 heavy (non-hydrogen) atoms. The molecule has 9 heteroatoms. The fourth-order valence-electron chi connectivity index (χ4n) is 2.83. The first-order chi connectivity index (χ1) is 16.1. The molecular formula is C25H43N3O6. The maximum Gasteiger partial charge on any atom is 0.322 e. The number of rotatable bonds is 13. The van der Waals surface area contributed by atoms with Gasteiger partial charge in [-0.2, -0.15) is 0 Å². The molecule has 0 aromatic heterocycles. The maximum absolute atomic E-state index is 12.3. The van der Waals surface area contributed by atoms with Crippen LogP contribution in [0.25, 0.3) is 0 Å². The molecule has 0 radical (unpaired) electrons. The lowest BCUT2D eigenvalue weighted by Crippen LogP contribution is -2.43. The Morgan fingerprint density at radius 1 is 1.09 bits per heavy atom. The van der Waals surface area contributed by atoms with Gasteiger partial charge < -0.3 is 30.2 Å². The summed E-state index contributed by atoms with van der Waals surface area (Å²) in [6.45, 7) is 10.6. The molecular weight excluding hydrogens is 438 g/mol. The summed E-state index contributed by atoms with van der Waals surface area (Å²) < 4.78 is 5.58. The number of aldehydes is 1. The van der Waals surface area contributed by atoms with Crippen LogP contribution in [0.2, 0.25) is 0 Å². The lowest BCUT2D eigenvalue weighted by Gasteiger charge is -2.27. The first kappa shape index (κ1) is 33.4. The van der Waals surface area contributed by atoms with Crippen molar-refractivity contribution in [1.29, 1.82) is 0 Å². The first-order valence-corrected chi connectivity index (χ1v) is 11.6. The van der Waals surface area contributed by atoms with E-state index in [9.17, 15) is 19.2 Å². The van der Waals surface area contributed by atoms with Gasteiger partial charge in [-0.25, -0.2) is 0 Å². The van der Waals surface area contributed by atoms with Crippen LogP contribution in [0.4, 0.5) is 0 Å². The molecule has 194 valence electrons. The molecule has 2 atom stereocenters. The molecule has 1 aromatic rings. The summed E-state index contributed by atoms with van der Waals surface area (Å²) >= 11 is 0. The second-order valence-corrected chi connectivity index (χ2v) is 7.88. The Morgan fingerprint density at radius 2 is 1.68 bits per heavy atom. The Hall–Kier alpha value is -2.78. The molecule has 0 saturated carbocycles. The second kappa shape index (κ2) is 20.8. The molecule has 0 spiro atoms. The summed E-state index contributed by atoms with van der Waals surface area (Å²) in [6, 6.07) is 9.23. The topological polar surface area (TPSA) is 125 Å². The number of nitrogens with zero attached hydrogens (tertiary/aromatic N) is 1. The van der Waals surface area contributed by atoms with Gasteiger partial charge in [0.1, 0.15) is 18.9 Å². The average molecular weight is 482 g/mol. The number of carbonyl (C=O) groups is 4. The number of carboxylic acids is 1. The number of carbonyl (C=O) groups excluding carboxylic acids is 3. The van der Waals surface area contributed by atoms with Crippen molar-refractivity contribution in [1.82, 2.24) is 15.5 Å². The van der Waals surface area contributed by atoms with Crippen LogP contribution in [0, 0.1) is 11.8 Å². The van der Waals surface area contributed by atoms with Gasteiger partial charge in [-0.15, -0.1) is 0 Å². The van der Waals surface area contributed by atoms with Gasteiger partial charge in [-0.1, -0.05) is 65.0 Å². The van der Waals surface area contributed by atoms with Gasteiger partial charge in [-0.3, -0.25) is 14.4 Å². The predicted molar refractivity (Wildman–Crippen MR) is 133 cm³/mol. The number of ether oxygens (including phenoxy) is 1. The molecule has 0 saturated heterocycles. The van der Waals surface area contributed by atoms with Crippen molar-refractivity contribution in [2.75, 3.05) is 33.8 Å². The average Bonchev–Trinajstić information content (AvgIpc) is 2.82. The fourth-order valence-corrected chi connectivity index (χ4v) is 2.83. The lowest BCUT2D eigenvalue weighted by atomic mass is 9.97. The van der Waals surface area contributed by atoms with E-state index in [2.05, 4.69) is 24.5 Å². The van der Waals surface area contributed by atoms with Gasteiger partial charge in [0.15, 0.2) is 0 Å². The molecule has 0 aliphatic heterocycles. The molecule has 3 N–H and O–H groups in total. The van der Waals surface area contributed by atoms with Gasteiger partial charge >= 0.3 is 5.97 Å². The van der Waals surface area contributed by atoms with Crippen molar-refractivity contribution in [3.63, 3.8) is 0 Å². The maximum atomic E-state index is 12.3. The summed E-state index contributed by atoms with van der Waals surface area (Å²) in [4.78, 5) is 45.5. The van der Waals surface area contributed by atoms with E-state index in [1.54, 1.807) is 14.1 Å². The van der Waals surface area contributed by atoms with E-state index in [0.717, 1.165) is 18.3 Å². The number of hydrogen-bond donors (Lipinski definition) is 3. The minimum absolute atomic E-state index is 0.00545. The molecule has 0 aliphatic rings. The van der Waals surface area contributed by atoms with E-state index < -0.39 is 12.0 Å². The van der Waals surface area contributed by atoms with Crippen molar-refractivity contribution >= 4 is 24.1 Å². The molecule has 9 nitrogen and oxygen atoms in total. The van der Waals surface area contributed by atoms with Crippen molar-refractivity contribution in [2.45, 2.75) is 53.7 Å². The Balaban J connectivity index is 0. The number of aliphatic carboxylic acids is 1. The lowest BCUT2D eigenvalue weighted by molar-refractivity contribution is -0.140. The van der Waals surface area contributed by atoms with E-state index in [-0.39, 0.29) is 37.4 Å². The third-order valence-corrected chi connectivity index (χ3v) is 4.42. The fraction of sp³-hybridized carbons (Fsp3) is 0.600. The normalized spacial score (nSPS) is 11.6. The highest BCUT2D eigenvalue weighted by atomic mass is 16.5. The van der Waals surface area contributed by atoms with Crippen LogP contribution in [0.3, 0.4) is 0 Å². The Labute approximate surface area is 204 Å². The molecule has 2 amide bonds. The monoisotopic (exact) mass is 481 g/mol.